The van der Waals surface area contributed by atoms with Crippen LogP contribution in [0.4, 0.5) is 19.0 Å². The normalized spacial score (nSPS) is 22.7. The highest BCUT2D eigenvalue weighted by Gasteiger charge is 2.33. The first-order valence-corrected chi connectivity index (χ1v) is 7.31. The van der Waals surface area contributed by atoms with E-state index in [2.05, 4.69) is 10.3 Å². The number of halogens is 3. The summed E-state index contributed by atoms with van der Waals surface area (Å²) in [6, 6.07) is 3.62. The van der Waals surface area contributed by atoms with Gasteiger partial charge in [0.25, 0.3) is 0 Å². The molecule has 1 fully saturated rings. The number of rotatable bonds is 3. The Labute approximate surface area is 127 Å². The Kier molecular flexibility index (Phi) is 5.24. The Morgan fingerprint density at radius 3 is 2.64 bits per heavy atom. The summed E-state index contributed by atoms with van der Waals surface area (Å²) in [6.45, 7) is -0.0293. The van der Waals surface area contributed by atoms with Crippen LogP contribution in [0.3, 0.4) is 0 Å². The molecular weight excluding hydrogens is 295 g/mol. The summed E-state index contributed by atoms with van der Waals surface area (Å²) in [7, 11) is 0. The van der Waals surface area contributed by atoms with Crippen LogP contribution >= 0.6 is 0 Å². The molecule has 7 heteroatoms. The fourth-order valence-electron chi connectivity index (χ4n) is 2.79. The molecular formula is C15H18F3N3O. The van der Waals surface area contributed by atoms with Gasteiger partial charge in [0.05, 0.1) is 5.56 Å². The number of aliphatic hydroxyl groups is 1. The summed E-state index contributed by atoms with van der Waals surface area (Å²) in [5.41, 5.74) is -0.947. The molecule has 22 heavy (non-hydrogen) atoms. The first-order valence-electron chi connectivity index (χ1n) is 7.31. The van der Waals surface area contributed by atoms with Gasteiger partial charge in [-0.2, -0.15) is 18.4 Å². The minimum Gasteiger partial charge on any atom is -0.396 e. The molecule has 1 saturated carbocycles. The first-order chi connectivity index (χ1) is 10.5. The molecule has 0 spiro atoms. The number of nitrogens with one attached hydrogen (secondary N) is 1. The van der Waals surface area contributed by atoms with Crippen molar-refractivity contribution in [1.82, 2.24) is 4.98 Å². The highest BCUT2D eigenvalue weighted by Crippen LogP contribution is 2.31. The van der Waals surface area contributed by atoms with E-state index in [1.807, 2.05) is 6.07 Å². The summed E-state index contributed by atoms with van der Waals surface area (Å²) >= 11 is 0. The van der Waals surface area contributed by atoms with Gasteiger partial charge in [-0.25, -0.2) is 4.98 Å². The smallest absolute Gasteiger partial charge is 0.396 e. The molecule has 0 aromatic carbocycles. The van der Waals surface area contributed by atoms with Crippen molar-refractivity contribution in [2.45, 2.75) is 44.3 Å². The lowest BCUT2D eigenvalue weighted by Crippen LogP contribution is -2.31. The van der Waals surface area contributed by atoms with Gasteiger partial charge in [-0.15, -0.1) is 0 Å². The minimum atomic E-state index is -4.55. The molecule has 2 unspecified atom stereocenters. The van der Waals surface area contributed by atoms with Gasteiger partial charge >= 0.3 is 6.18 Å². The minimum absolute atomic E-state index is 0.0293. The van der Waals surface area contributed by atoms with Crippen LogP contribution in [0.5, 0.6) is 0 Å². The van der Waals surface area contributed by atoms with E-state index in [0.29, 0.717) is 0 Å². The highest BCUT2D eigenvalue weighted by molar-refractivity contribution is 5.53. The molecule has 1 aromatic heterocycles. The second-order valence-electron chi connectivity index (χ2n) is 5.53. The summed E-state index contributed by atoms with van der Waals surface area (Å²) in [6.07, 6.45) is -0.0252. The van der Waals surface area contributed by atoms with Crippen molar-refractivity contribution in [2.75, 3.05) is 11.9 Å². The van der Waals surface area contributed by atoms with E-state index in [0.717, 1.165) is 44.2 Å². The highest BCUT2D eigenvalue weighted by atomic mass is 19.4. The molecule has 1 aliphatic carbocycles. The van der Waals surface area contributed by atoms with Crippen molar-refractivity contribution < 1.29 is 18.3 Å². The Morgan fingerprint density at radius 2 is 2.00 bits per heavy atom. The van der Waals surface area contributed by atoms with Crippen LogP contribution in [0.15, 0.2) is 12.1 Å². The summed E-state index contributed by atoms with van der Waals surface area (Å²) in [5, 5.41) is 21.5. The fraction of sp³-hybridized carbons (Fsp3) is 0.600. The Hall–Kier alpha value is -1.81. The maximum absolute atomic E-state index is 12.8. The van der Waals surface area contributed by atoms with E-state index in [1.165, 1.54) is 0 Å². The zero-order chi connectivity index (χ0) is 16.2. The lowest BCUT2D eigenvalue weighted by atomic mass is 9.95. The Bertz CT molecular complexity index is 554. The van der Waals surface area contributed by atoms with Crippen molar-refractivity contribution in [1.29, 1.82) is 5.26 Å². The SMILES string of the molecule is N#Cc1ccc(C(F)(F)F)nc1NC1CCCCCC1CO. The second-order valence-corrected chi connectivity index (χ2v) is 5.53. The van der Waals surface area contributed by atoms with E-state index in [-0.39, 0.29) is 29.9 Å². The lowest BCUT2D eigenvalue weighted by molar-refractivity contribution is -0.141. The molecule has 0 bridgehead atoms. The van der Waals surface area contributed by atoms with Crippen LogP contribution in [-0.2, 0) is 6.18 Å². The number of pyridine rings is 1. The number of hydrogen-bond acceptors (Lipinski definition) is 4. The first kappa shape index (κ1) is 16.6. The third-order valence-electron chi connectivity index (χ3n) is 4.02. The molecule has 0 radical (unpaired) electrons. The molecule has 0 amide bonds. The zero-order valence-corrected chi connectivity index (χ0v) is 12.0. The van der Waals surface area contributed by atoms with Crippen LogP contribution in [-0.4, -0.2) is 22.7 Å². The monoisotopic (exact) mass is 313 g/mol. The van der Waals surface area contributed by atoms with Crippen LogP contribution in [0.1, 0.15) is 43.4 Å². The molecule has 1 heterocycles. The van der Waals surface area contributed by atoms with E-state index >= 15 is 0 Å². The number of aromatic nitrogens is 1. The molecule has 2 atom stereocenters. The van der Waals surface area contributed by atoms with Crippen molar-refractivity contribution in [2.24, 2.45) is 5.92 Å². The number of aliphatic hydroxyl groups excluding tert-OH is 1. The predicted octanol–water partition coefficient (Wildman–Crippen LogP) is 3.33. The molecule has 0 aliphatic heterocycles. The van der Waals surface area contributed by atoms with Crippen molar-refractivity contribution in [3.63, 3.8) is 0 Å². The van der Waals surface area contributed by atoms with Gasteiger partial charge in [-0.3, -0.25) is 0 Å². The van der Waals surface area contributed by atoms with Gasteiger partial charge in [0.15, 0.2) is 0 Å². The molecule has 4 nitrogen and oxygen atoms in total. The van der Waals surface area contributed by atoms with E-state index in [4.69, 9.17) is 5.26 Å². The lowest BCUT2D eigenvalue weighted by Gasteiger charge is -2.25. The van der Waals surface area contributed by atoms with Gasteiger partial charge in [0.2, 0.25) is 0 Å². The summed E-state index contributed by atoms with van der Waals surface area (Å²) in [5.74, 6) is -0.0898. The van der Waals surface area contributed by atoms with Crippen LogP contribution < -0.4 is 5.32 Å². The Morgan fingerprint density at radius 1 is 1.27 bits per heavy atom. The predicted molar refractivity (Wildman–Crippen MR) is 75.0 cm³/mol. The van der Waals surface area contributed by atoms with Gasteiger partial charge in [-0.1, -0.05) is 19.3 Å². The summed E-state index contributed by atoms with van der Waals surface area (Å²) in [4.78, 5) is 3.57. The average molecular weight is 313 g/mol. The average Bonchev–Trinajstić information content (AvgIpc) is 2.71. The standard InChI is InChI=1S/C15H18F3N3O/c16-15(17,18)13-7-6-10(8-19)14(21-13)20-12-5-3-1-2-4-11(12)9-22/h6-7,11-12,22H,1-5,9H2,(H,20,21). The zero-order valence-electron chi connectivity index (χ0n) is 12.0. The van der Waals surface area contributed by atoms with E-state index in [1.54, 1.807) is 0 Å². The molecule has 1 aromatic rings. The molecule has 1 aliphatic rings. The molecule has 2 rings (SSSR count). The third-order valence-corrected chi connectivity index (χ3v) is 4.02. The maximum Gasteiger partial charge on any atom is 0.433 e. The van der Waals surface area contributed by atoms with E-state index < -0.39 is 11.9 Å². The second kappa shape index (κ2) is 6.97. The van der Waals surface area contributed by atoms with Gasteiger partial charge in [0, 0.05) is 18.6 Å². The van der Waals surface area contributed by atoms with Crippen molar-refractivity contribution in [3.05, 3.63) is 23.4 Å². The topological polar surface area (TPSA) is 68.9 Å². The number of nitrogens with zero attached hydrogens (tertiary/aromatic N) is 2. The van der Waals surface area contributed by atoms with Crippen LogP contribution in [0.2, 0.25) is 0 Å². The maximum atomic E-state index is 12.8. The number of alkyl halides is 3. The molecule has 2 N–H and O–H groups in total. The third kappa shape index (κ3) is 3.89. The largest absolute Gasteiger partial charge is 0.433 e. The molecule has 0 saturated heterocycles. The fourth-order valence-corrected chi connectivity index (χ4v) is 2.79. The Balaban J connectivity index is 2.28. The molecule has 120 valence electrons. The number of nitriles is 1. The van der Waals surface area contributed by atoms with Crippen LogP contribution in [0.25, 0.3) is 0 Å². The number of hydrogen-bond donors (Lipinski definition) is 2. The quantitative estimate of drug-likeness (QED) is 0.840. The number of anilines is 1. The van der Waals surface area contributed by atoms with E-state index in [9.17, 15) is 18.3 Å². The summed E-state index contributed by atoms with van der Waals surface area (Å²) < 4.78 is 38.3. The van der Waals surface area contributed by atoms with Gasteiger partial charge in [0.1, 0.15) is 17.6 Å². The van der Waals surface area contributed by atoms with Gasteiger partial charge < -0.3 is 10.4 Å². The van der Waals surface area contributed by atoms with Crippen molar-refractivity contribution in [3.8, 4) is 6.07 Å². The van der Waals surface area contributed by atoms with Crippen LogP contribution in [0, 0.1) is 17.2 Å². The van der Waals surface area contributed by atoms with Crippen molar-refractivity contribution >= 4 is 5.82 Å². The van der Waals surface area contributed by atoms with Gasteiger partial charge in [-0.05, 0) is 25.0 Å².